The number of piperazine rings is 1. The van der Waals surface area contributed by atoms with E-state index in [0.29, 0.717) is 11.6 Å². The standard InChI is InChI=1S/C19H25N7O/c1-14-13-25(17(21-3)12-20-2)9-10-26(14)19-23-16(11-18(27)24(19)4)15-5-7-22-8-6-15/h5-8,11-12,14H,9-10,13H2,1-4H3/t14-/m1/s1. The SMILES string of the molecule is CN=CC(=NC)N1CCN(c2nc(-c3ccncc3)cc(=O)n2C)[C@H](C)C1. The van der Waals surface area contributed by atoms with Crippen LogP contribution in [-0.2, 0) is 7.05 Å². The fourth-order valence-electron chi connectivity index (χ4n) is 3.31. The lowest BCUT2D eigenvalue weighted by Crippen LogP contribution is -2.55. The molecule has 0 N–H and O–H groups in total. The van der Waals surface area contributed by atoms with Crippen LogP contribution >= 0.6 is 0 Å². The second kappa shape index (κ2) is 8.11. The van der Waals surface area contributed by atoms with Crippen LogP contribution in [0.1, 0.15) is 6.92 Å². The molecule has 2 aromatic rings. The van der Waals surface area contributed by atoms with Crippen molar-refractivity contribution in [1.29, 1.82) is 0 Å². The van der Waals surface area contributed by atoms with Gasteiger partial charge in [-0.1, -0.05) is 0 Å². The summed E-state index contributed by atoms with van der Waals surface area (Å²) >= 11 is 0. The molecule has 8 nitrogen and oxygen atoms in total. The first-order valence-corrected chi connectivity index (χ1v) is 8.94. The smallest absolute Gasteiger partial charge is 0.255 e. The Kier molecular flexibility index (Phi) is 5.63. The van der Waals surface area contributed by atoms with Gasteiger partial charge in [0.05, 0.1) is 11.9 Å². The molecule has 1 atom stereocenters. The number of anilines is 1. The zero-order valence-electron chi connectivity index (χ0n) is 16.2. The van der Waals surface area contributed by atoms with Crippen molar-refractivity contribution in [2.24, 2.45) is 17.0 Å². The van der Waals surface area contributed by atoms with Gasteiger partial charge >= 0.3 is 0 Å². The van der Waals surface area contributed by atoms with E-state index < -0.39 is 0 Å². The summed E-state index contributed by atoms with van der Waals surface area (Å²) in [4.78, 5) is 34.1. The van der Waals surface area contributed by atoms with Crippen LogP contribution in [0.5, 0.6) is 0 Å². The quantitative estimate of drug-likeness (QED) is 0.599. The zero-order valence-corrected chi connectivity index (χ0v) is 16.2. The molecule has 0 bridgehead atoms. The number of hydrogen-bond acceptors (Lipinski definition) is 6. The van der Waals surface area contributed by atoms with E-state index in [1.165, 1.54) is 0 Å². The number of nitrogens with zero attached hydrogens (tertiary/aromatic N) is 7. The van der Waals surface area contributed by atoms with Crippen molar-refractivity contribution in [2.75, 3.05) is 38.6 Å². The predicted molar refractivity (Wildman–Crippen MR) is 109 cm³/mol. The van der Waals surface area contributed by atoms with E-state index in [1.807, 2.05) is 12.1 Å². The first-order chi connectivity index (χ1) is 13.0. The highest BCUT2D eigenvalue weighted by Crippen LogP contribution is 2.21. The minimum absolute atomic E-state index is 0.0737. The topological polar surface area (TPSA) is 79.0 Å². The van der Waals surface area contributed by atoms with Crippen LogP contribution in [0, 0.1) is 0 Å². The summed E-state index contributed by atoms with van der Waals surface area (Å²) in [7, 11) is 5.29. The molecule has 1 saturated heterocycles. The van der Waals surface area contributed by atoms with Gasteiger partial charge < -0.3 is 9.80 Å². The predicted octanol–water partition coefficient (Wildman–Crippen LogP) is 1.08. The molecule has 0 aromatic carbocycles. The molecular weight excluding hydrogens is 342 g/mol. The molecule has 0 unspecified atom stereocenters. The van der Waals surface area contributed by atoms with E-state index in [1.54, 1.807) is 50.4 Å². The van der Waals surface area contributed by atoms with Crippen LogP contribution in [0.15, 0.2) is 45.4 Å². The molecule has 0 radical (unpaired) electrons. The summed E-state index contributed by atoms with van der Waals surface area (Å²) in [6.45, 7) is 4.46. The molecule has 0 saturated carbocycles. The zero-order chi connectivity index (χ0) is 19.4. The first-order valence-electron chi connectivity index (χ1n) is 8.94. The van der Waals surface area contributed by atoms with Crippen molar-refractivity contribution in [3.63, 3.8) is 0 Å². The summed E-state index contributed by atoms with van der Waals surface area (Å²) in [5.74, 6) is 1.55. The molecule has 2 aromatic heterocycles. The normalized spacial score (nSPS) is 18.4. The summed E-state index contributed by atoms with van der Waals surface area (Å²) in [5, 5.41) is 0. The van der Waals surface area contributed by atoms with Gasteiger partial charge in [0.2, 0.25) is 5.95 Å². The highest BCUT2D eigenvalue weighted by atomic mass is 16.1. The third-order valence-corrected chi connectivity index (χ3v) is 4.77. The monoisotopic (exact) mass is 367 g/mol. The third kappa shape index (κ3) is 3.89. The maximum Gasteiger partial charge on any atom is 0.255 e. The molecule has 0 aliphatic carbocycles. The van der Waals surface area contributed by atoms with Crippen LogP contribution in [0.2, 0.25) is 0 Å². The van der Waals surface area contributed by atoms with Crippen LogP contribution in [0.3, 0.4) is 0 Å². The van der Waals surface area contributed by atoms with Gasteiger partial charge in [0.25, 0.3) is 5.56 Å². The van der Waals surface area contributed by atoms with E-state index in [-0.39, 0.29) is 11.6 Å². The summed E-state index contributed by atoms with van der Waals surface area (Å²) < 4.78 is 1.61. The van der Waals surface area contributed by atoms with Crippen molar-refractivity contribution in [1.82, 2.24) is 19.4 Å². The second-order valence-corrected chi connectivity index (χ2v) is 6.53. The van der Waals surface area contributed by atoms with Crippen LogP contribution in [-0.4, -0.2) is 71.3 Å². The number of aromatic nitrogens is 3. The molecule has 0 amide bonds. The van der Waals surface area contributed by atoms with Gasteiger partial charge in [-0.2, -0.15) is 0 Å². The van der Waals surface area contributed by atoms with E-state index in [9.17, 15) is 4.79 Å². The first kappa shape index (κ1) is 18.8. The fourth-order valence-corrected chi connectivity index (χ4v) is 3.31. The van der Waals surface area contributed by atoms with Crippen molar-refractivity contribution in [3.05, 3.63) is 40.9 Å². The highest BCUT2D eigenvalue weighted by molar-refractivity contribution is 6.29. The largest absolute Gasteiger partial charge is 0.352 e. The van der Waals surface area contributed by atoms with Crippen molar-refractivity contribution in [2.45, 2.75) is 13.0 Å². The molecule has 1 aliphatic rings. The van der Waals surface area contributed by atoms with Gasteiger partial charge in [-0.15, -0.1) is 0 Å². The second-order valence-electron chi connectivity index (χ2n) is 6.53. The Hall–Kier alpha value is -3.03. The molecule has 0 spiro atoms. The van der Waals surface area contributed by atoms with E-state index in [0.717, 1.165) is 31.0 Å². The molecule has 3 rings (SSSR count). The molecule has 3 heterocycles. The van der Waals surface area contributed by atoms with Gasteiger partial charge in [0.15, 0.2) is 0 Å². The maximum atomic E-state index is 12.5. The number of aliphatic imine (C=N–C) groups is 2. The lowest BCUT2D eigenvalue weighted by Gasteiger charge is -2.41. The number of rotatable bonds is 3. The average Bonchev–Trinajstić information content (AvgIpc) is 2.69. The van der Waals surface area contributed by atoms with E-state index in [4.69, 9.17) is 4.98 Å². The Balaban J connectivity index is 1.91. The number of pyridine rings is 1. The summed E-state index contributed by atoms with van der Waals surface area (Å²) in [6.07, 6.45) is 5.19. The van der Waals surface area contributed by atoms with Gasteiger partial charge in [-0.25, -0.2) is 4.98 Å². The molecular formula is C19H25N7O. The van der Waals surface area contributed by atoms with Crippen LogP contribution in [0.25, 0.3) is 11.3 Å². The van der Waals surface area contributed by atoms with Crippen molar-refractivity contribution < 1.29 is 0 Å². The minimum Gasteiger partial charge on any atom is -0.352 e. The van der Waals surface area contributed by atoms with Gasteiger partial charge in [0, 0.05) is 70.8 Å². The Labute approximate surface area is 158 Å². The van der Waals surface area contributed by atoms with Gasteiger partial charge in [-0.3, -0.25) is 24.3 Å². The Morgan fingerprint density at radius 1 is 1.26 bits per heavy atom. The van der Waals surface area contributed by atoms with Crippen LogP contribution < -0.4 is 10.5 Å². The molecule has 1 aliphatic heterocycles. The number of hydrogen-bond donors (Lipinski definition) is 0. The van der Waals surface area contributed by atoms with Crippen molar-refractivity contribution in [3.8, 4) is 11.3 Å². The molecule has 8 heteroatoms. The Morgan fingerprint density at radius 3 is 2.63 bits per heavy atom. The molecule has 1 fully saturated rings. The van der Waals surface area contributed by atoms with E-state index >= 15 is 0 Å². The highest BCUT2D eigenvalue weighted by Gasteiger charge is 2.28. The van der Waals surface area contributed by atoms with Gasteiger partial charge in [-0.05, 0) is 19.1 Å². The molecule has 142 valence electrons. The number of amidine groups is 1. The lowest BCUT2D eigenvalue weighted by atomic mass is 10.2. The minimum atomic E-state index is -0.0737. The molecule has 27 heavy (non-hydrogen) atoms. The van der Waals surface area contributed by atoms with Crippen molar-refractivity contribution >= 4 is 18.0 Å². The Bertz CT molecular complexity index is 904. The van der Waals surface area contributed by atoms with Crippen LogP contribution in [0.4, 0.5) is 5.95 Å². The Morgan fingerprint density at radius 2 is 2.00 bits per heavy atom. The third-order valence-electron chi connectivity index (χ3n) is 4.77. The van der Waals surface area contributed by atoms with Gasteiger partial charge in [0.1, 0.15) is 5.84 Å². The summed E-state index contributed by atoms with van der Waals surface area (Å²) in [6, 6.07) is 5.47. The van der Waals surface area contributed by atoms with E-state index in [2.05, 4.69) is 31.7 Å². The maximum absolute atomic E-state index is 12.5. The fraction of sp³-hybridized carbons (Fsp3) is 0.421. The lowest BCUT2D eigenvalue weighted by molar-refractivity contribution is 0.336. The average molecular weight is 367 g/mol. The summed E-state index contributed by atoms with van der Waals surface area (Å²) in [5.41, 5.74) is 1.48.